The summed E-state index contributed by atoms with van der Waals surface area (Å²) in [4.78, 5) is 0. The molecule has 2 nitrogen and oxygen atoms in total. The molecule has 0 unspecified atom stereocenters. The van der Waals surface area contributed by atoms with Crippen LogP contribution >= 0.6 is 0 Å². The zero-order valence-corrected chi connectivity index (χ0v) is 35.9. The summed E-state index contributed by atoms with van der Waals surface area (Å²) in [5, 5.41) is 17.3. The Morgan fingerprint density at radius 3 is 1.65 bits per heavy atom. The molecule has 0 amide bonds. The fraction of sp³-hybridized carbons (Fsp3) is 0.0476. The Balaban J connectivity index is 0.997. The van der Waals surface area contributed by atoms with E-state index in [0.717, 1.165) is 16.6 Å². The van der Waals surface area contributed by atoms with Gasteiger partial charge in [0.05, 0.1) is 11.0 Å². The van der Waals surface area contributed by atoms with Crippen molar-refractivity contribution in [3.05, 3.63) is 211 Å². The third-order valence-corrected chi connectivity index (χ3v) is 15.1. The third-order valence-electron chi connectivity index (χ3n) is 15.1. The van der Waals surface area contributed by atoms with Gasteiger partial charge in [-0.25, -0.2) is 0 Å². The summed E-state index contributed by atoms with van der Waals surface area (Å²) >= 11 is 0. The van der Waals surface area contributed by atoms with Crippen molar-refractivity contribution in [1.29, 1.82) is 0 Å². The van der Waals surface area contributed by atoms with Gasteiger partial charge >= 0.3 is 0 Å². The number of nitrogens with zero attached hydrogens (tertiary/aromatic N) is 1. The SMILES string of the molecule is CC1(C)c2ccccc2-c2cc3c4cc(-c5c6ccccc6c(-c6ccc7oc8c9cccc%10ccc%11cccc(c8c7c6)c%11c%109)c6ccccc56)ccc4n(-c4ccccc4)c3cc21. The van der Waals surface area contributed by atoms with Gasteiger partial charge in [-0.3, -0.25) is 0 Å². The number of rotatable bonds is 3. The minimum Gasteiger partial charge on any atom is -0.455 e. The molecule has 0 saturated heterocycles. The predicted molar refractivity (Wildman–Crippen MR) is 275 cm³/mol. The van der Waals surface area contributed by atoms with Crippen LogP contribution < -0.4 is 0 Å². The third kappa shape index (κ3) is 4.58. The molecule has 0 saturated carbocycles. The second kappa shape index (κ2) is 12.5. The van der Waals surface area contributed by atoms with E-state index in [9.17, 15) is 0 Å². The van der Waals surface area contributed by atoms with Crippen LogP contribution in [0.3, 0.4) is 0 Å². The van der Waals surface area contributed by atoms with E-state index in [2.05, 4.69) is 219 Å². The molecule has 0 aliphatic heterocycles. The Bertz CT molecular complexity index is 4310. The first kappa shape index (κ1) is 35.3. The number of aromatic nitrogens is 1. The topological polar surface area (TPSA) is 18.1 Å². The molecule has 65 heavy (non-hydrogen) atoms. The molecule has 2 heterocycles. The summed E-state index contributed by atoms with van der Waals surface area (Å²) in [5.41, 5.74) is 15.7. The van der Waals surface area contributed by atoms with Crippen molar-refractivity contribution in [3.63, 3.8) is 0 Å². The van der Waals surface area contributed by atoms with Gasteiger partial charge < -0.3 is 8.98 Å². The average molecular weight is 826 g/mol. The van der Waals surface area contributed by atoms with E-state index in [-0.39, 0.29) is 5.41 Å². The summed E-state index contributed by atoms with van der Waals surface area (Å²) < 4.78 is 9.33. The van der Waals surface area contributed by atoms with E-state index in [1.807, 2.05) is 0 Å². The molecule has 0 radical (unpaired) electrons. The van der Waals surface area contributed by atoms with Gasteiger partial charge in [0.1, 0.15) is 11.2 Å². The van der Waals surface area contributed by atoms with Crippen molar-refractivity contribution in [3.8, 4) is 39.1 Å². The molecule has 1 aliphatic carbocycles. The summed E-state index contributed by atoms with van der Waals surface area (Å²) in [6.07, 6.45) is 0. The number of hydrogen-bond acceptors (Lipinski definition) is 1. The number of para-hydroxylation sites is 1. The Labute approximate surface area is 374 Å². The molecule has 12 aromatic carbocycles. The van der Waals surface area contributed by atoms with Crippen molar-refractivity contribution in [2.75, 3.05) is 0 Å². The summed E-state index contributed by atoms with van der Waals surface area (Å²) in [6.45, 7) is 4.75. The van der Waals surface area contributed by atoms with Crippen molar-refractivity contribution >= 4 is 97.6 Å². The summed E-state index contributed by atoms with van der Waals surface area (Å²) in [7, 11) is 0. The van der Waals surface area contributed by atoms with Crippen LogP contribution in [0.25, 0.3) is 137 Å². The van der Waals surface area contributed by atoms with E-state index >= 15 is 0 Å². The molecule has 15 rings (SSSR count). The first-order valence-corrected chi connectivity index (χ1v) is 22.8. The van der Waals surface area contributed by atoms with Crippen LogP contribution in [-0.4, -0.2) is 4.57 Å². The van der Waals surface area contributed by atoms with Gasteiger partial charge in [-0.2, -0.15) is 0 Å². The van der Waals surface area contributed by atoms with Crippen LogP contribution in [-0.2, 0) is 5.41 Å². The quantitative estimate of drug-likeness (QED) is 0.128. The Morgan fingerprint density at radius 1 is 0.369 bits per heavy atom. The van der Waals surface area contributed by atoms with Crippen LogP contribution in [0.2, 0.25) is 0 Å². The molecule has 302 valence electrons. The lowest BCUT2D eigenvalue weighted by atomic mass is 9.82. The van der Waals surface area contributed by atoms with E-state index < -0.39 is 0 Å². The van der Waals surface area contributed by atoms with Gasteiger partial charge in [0.15, 0.2) is 0 Å². The number of furan rings is 1. The lowest BCUT2D eigenvalue weighted by Gasteiger charge is -2.21. The predicted octanol–water partition coefficient (Wildman–Crippen LogP) is 17.5. The second-order valence-electron chi connectivity index (χ2n) is 18.7. The smallest absolute Gasteiger partial charge is 0.143 e. The number of benzene rings is 12. The minimum atomic E-state index is -0.0988. The van der Waals surface area contributed by atoms with Crippen molar-refractivity contribution in [1.82, 2.24) is 4.57 Å². The molecule has 0 N–H and O–H groups in total. The highest BCUT2D eigenvalue weighted by Gasteiger charge is 2.36. The number of fused-ring (bicyclic) bond motifs is 13. The van der Waals surface area contributed by atoms with E-state index in [1.54, 1.807) is 0 Å². The molecule has 2 aromatic heterocycles. The standard InChI is InChI=1S/C63H39NO/c1-63(2)52-25-11-10-18-41(52)48-34-50-49-32-38(28-30-54(49)64(55(50)35-53(48)63)40-16-4-3-5-17-40)57-42-19-6-8-21-44(42)58(45-22-9-7-20-43(45)57)39-29-31-56-51(33-39)61-46-23-12-14-36-26-27-37-15-13-24-47(62(61)65-56)60(37)59(36)46/h3-35H,1-2H3. The molecule has 1 aliphatic rings. The fourth-order valence-corrected chi connectivity index (χ4v) is 12.2. The van der Waals surface area contributed by atoms with Gasteiger partial charge in [0, 0.05) is 43.4 Å². The largest absolute Gasteiger partial charge is 0.455 e. The number of hydrogen-bond donors (Lipinski definition) is 0. The maximum absolute atomic E-state index is 6.86. The summed E-state index contributed by atoms with van der Waals surface area (Å²) in [6, 6.07) is 74.6. The van der Waals surface area contributed by atoms with E-state index in [0.29, 0.717) is 0 Å². The molecule has 0 atom stereocenters. The molecule has 0 fully saturated rings. The van der Waals surface area contributed by atoms with Crippen molar-refractivity contribution in [2.45, 2.75) is 19.3 Å². The summed E-state index contributed by atoms with van der Waals surface area (Å²) in [5.74, 6) is 0. The maximum Gasteiger partial charge on any atom is 0.143 e. The molecule has 0 bridgehead atoms. The lowest BCUT2D eigenvalue weighted by molar-refractivity contribution is 0.661. The molecular formula is C63H39NO. The van der Waals surface area contributed by atoms with Gasteiger partial charge in [-0.15, -0.1) is 0 Å². The van der Waals surface area contributed by atoms with Gasteiger partial charge in [-0.1, -0.05) is 166 Å². The van der Waals surface area contributed by atoms with Gasteiger partial charge in [0.25, 0.3) is 0 Å². The Kier molecular flexibility index (Phi) is 6.78. The minimum absolute atomic E-state index is 0.0988. The first-order chi connectivity index (χ1) is 32.0. The lowest BCUT2D eigenvalue weighted by Crippen LogP contribution is -2.14. The van der Waals surface area contributed by atoms with E-state index in [4.69, 9.17) is 4.42 Å². The van der Waals surface area contributed by atoms with Crippen LogP contribution in [0.1, 0.15) is 25.0 Å². The highest BCUT2D eigenvalue weighted by atomic mass is 16.3. The van der Waals surface area contributed by atoms with Crippen LogP contribution in [0.4, 0.5) is 0 Å². The van der Waals surface area contributed by atoms with Crippen LogP contribution in [0.5, 0.6) is 0 Å². The normalized spacial score (nSPS) is 13.5. The molecular weight excluding hydrogens is 787 g/mol. The maximum atomic E-state index is 6.86. The van der Waals surface area contributed by atoms with Crippen LogP contribution in [0.15, 0.2) is 205 Å². The monoisotopic (exact) mass is 825 g/mol. The van der Waals surface area contributed by atoms with E-state index in [1.165, 1.54) is 131 Å². The zero-order chi connectivity index (χ0) is 42.7. The second-order valence-corrected chi connectivity index (χ2v) is 18.7. The van der Waals surface area contributed by atoms with Crippen LogP contribution in [0, 0.1) is 0 Å². The first-order valence-electron chi connectivity index (χ1n) is 22.8. The van der Waals surface area contributed by atoms with Gasteiger partial charge in [0.2, 0.25) is 0 Å². The van der Waals surface area contributed by atoms with Gasteiger partial charge in [-0.05, 0) is 136 Å². The highest BCUT2D eigenvalue weighted by molar-refractivity contribution is 6.37. The molecule has 0 spiro atoms. The Hall–Kier alpha value is -8.20. The Morgan fingerprint density at radius 2 is 0.938 bits per heavy atom. The highest BCUT2D eigenvalue weighted by Crippen LogP contribution is 2.52. The fourth-order valence-electron chi connectivity index (χ4n) is 12.2. The molecule has 14 aromatic rings. The van der Waals surface area contributed by atoms with Crippen molar-refractivity contribution in [2.24, 2.45) is 0 Å². The zero-order valence-electron chi connectivity index (χ0n) is 35.9. The van der Waals surface area contributed by atoms with Crippen molar-refractivity contribution < 1.29 is 4.42 Å². The molecule has 2 heteroatoms. The average Bonchev–Trinajstić information content (AvgIpc) is 3.97.